The number of carbonyl (C=O) groups is 1. The van der Waals surface area contributed by atoms with Crippen LogP contribution in [0.2, 0.25) is 0 Å². The van der Waals surface area contributed by atoms with Crippen LogP contribution in [0.15, 0.2) is 18.2 Å². The highest BCUT2D eigenvalue weighted by molar-refractivity contribution is 5.85. The second kappa shape index (κ2) is 11.4. The summed E-state index contributed by atoms with van der Waals surface area (Å²) in [6.45, 7) is 4.29. The summed E-state index contributed by atoms with van der Waals surface area (Å²) in [5, 5.41) is 3.63. The summed E-state index contributed by atoms with van der Waals surface area (Å²) >= 11 is 0. The molecule has 0 aromatic heterocycles. The van der Waals surface area contributed by atoms with E-state index in [1.54, 1.807) is 14.2 Å². The Morgan fingerprint density at radius 2 is 1.63 bits per heavy atom. The van der Waals surface area contributed by atoms with E-state index in [1.807, 2.05) is 6.07 Å². The van der Waals surface area contributed by atoms with E-state index in [2.05, 4.69) is 27.2 Å². The molecule has 2 aliphatic heterocycles. The minimum Gasteiger partial charge on any atom is -0.497 e. The van der Waals surface area contributed by atoms with Gasteiger partial charge in [0.2, 0.25) is 5.91 Å². The fourth-order valence-electron chi connectivity index (χ4n) is 5.07. The summed E-state index contributed by atoms with van der Waals surface area (Å²) in [6, 6.07) is 6.63. The molecule has 4 rings (SSSR count). The molecule has 3 unspecified atom stereocenters. The monoisotopic (exact) mass is 459 g/mol. The lowest BCUT2D eigenvalue weighted by Gasteiger charge is -2.36. The Morgan fingerprint density at radius 3 is 2.23 bits per heavy atom. The van der Waals surface area contributed by atoms with E-state index in [9.17, 15) is 4.79 Å². The smallest absolute Gasteiger partial charge is 0.239 e. The zero-order chi connectivity index (χ0) is 19.5. The molecule has 6 nitrogen and oxygen atoms in total. The van der Waals surface area contributed by atoms with Crippen molar-refractivity contribution in [2.75, 3.05) is 40.4 Å². The van der Waals surface area contributed by atoms with Crippen molar-refractivity contribution in [3.63, 3.8) is 0 Å². The van der Waals surface area contributed by atoms with Crippen LogP contribution in [0.3, 0.4) is 0 Å². The first-order valence-corrected chi connectivity index (χ1v) is 10.7. The third-order valence-corrected chi connectivity index (χ3v) is 6.66. The van der Waals surface area contributed by atoms with Gasteiger partial charge in [0.05, 0.1) is 20.3 Å². The first kappa shape index (κ1) is 25.1. The molecule has 3 atom stereocenters. The second-order valence-corrected chi connectivity index (χ2v) is 8.43. The van der Waals surface area contributed by atoms with E-state index in [0.717, 1.165) is 50.6 Å². The van der Waals surface area contributed by atoms with Crippen molar-refractivity contribution in [2.45, 2.75) is 50.7 Å². The van der Waals surface area contributed by atoms with Crippen molar-refractivity contribution >= 4 is 30.7 Å². The molecule has 0 radical (unpaired) electrons. The maximum atomic E-state index is 13.0. The lowest BCUT2D eigenvalue weighted by molar-refractivity contribution is -0.135. The number of hydrogen-bond acceptors (Lipinski definition) is 5. The first-order chi connectivity index (χ1) is 13.7. The van der Waals surface area contributed by atoms with E-state index >= 15 is 0 Å². The average molecular weight is 460 g/mol. The van der Waals surface area contributed by atoms with Crippen LogP contribution >= 0.6 is 24.8 Å². The molecule has 1 aliphatic carbocycles. The normalized spacial score (nSPS) is 26.2. The van der Waals surface area contributed by atoms with Gasteiger partial charge in [-0.15, -0.1) is 24.8 Å². The maximum absolute atomic E-state index is 13.0. The Bertz CT molecular complexity index is 662. The maximum Gasteiger partial charge on any atom is 0.239 e. The number of fused-ring (bicyclic) bond motifs is 1. The van der Waals surface area contributed by atoms with Crippen LogP contribution in [-0.4, -0.2) is 68.2 Å². The van der Waals surface area contributed by atoms with Crippen molar-refractivity contribution in [3.05, 3.63) is 23.8 Å². The number of hydrogen-bond donors (Lipinski definition) is 1. The van der Waals surface area contributed by atoms with Crippen LogP contribution in [0.1, 0.15) is 37.7 Å². The highest BCUT2D eigenvalue weighted by atomic mass is 35.5. The van der Waals surface area contributed by atoms with Crippen molar-refractivity contribution in [1.29, 1.82) is 0 Å². The largest absolute Gasteiger partial charge is 0.497 e. The number of ether oxygens (including phenoxy) is 2. The van der Waals surface area contributed by atoms with Gasteiger partial charge >= 0.3 is 0 Å². The molecule has 1 amide bonds. The fraction of sp³-hybridized carbons (Fsp3) is 0.682. The van der Waals surface area contributed by atoms with Gasteiger partial charge in [0.15, 0.2) is 0 Å². The van der Waals surface area contributed by atoms with Crippen molar-refractivity contribution in [2.24, 2.45) is 5.92 Å². The van der Waals surface area contributed by atoms with Crippen LogP contribution in [0.4, 0.5) is 0 Å². The van der Waals surface area contributed by atoms with Crippen molar-refractivity contribution in [1.82, 2.24) is 15.1 Å². The Labute approximate surface area is 192 Å². The summed E-state index contributed by atoms with van der Waals surface area (Å²) in [6.07, 6.45) is 6.21. The SMILES string of the molecule is COc1cc(CN2CCN(C(=O)C3CC4CCCCC4N3)CC2)cc(OC)c1.Cl.Cl. The number of methoxy groups -OCH3 is 2. The summed E-state index contributed by atoms with van der Waals surface area (Å²) in [5.74, 6) is 2.66. The number of nitrogens with zero attached hydrogens (tertiary/aromatic N) is 2. The van der Waals surface area contributed by atoms with Gasteiger partial charge in [0.25, 0.3) is 0 Å². The molecule has 0 spiro atoms. The van der Waals surface area contributed by atoms with Gasteiger partial charge in [-0.3, -0.25) is 9.69 Å². The van der Waals surface area contributed by atoms with Crippen LogP contribution in [0.5, 0.6) is 11.5 Å². The summed E-state index contributed by atoms with van der Waals surface area (Å²) in [5.41, 5.74) is 1.18. The first-order valence-electron chi connectivity index (χ1n) is 10.7. The molecule has 8 heteroatoms. The molecule has 1 aromatic rings. The number of piperazine rings is 1. The third kappa shape index (κ3) is 5.72. The zero-order valence-electron chi connectivity index (χ0n) is 18.0. The third-order valence-electron chi connectivity index (χ3n) is 6.66. The fourth-order valence-corrected chi connectivity index (χ4v) is 5.07. The predicted octanol–water partition coefficient (Wildman–Crippen LogP) is 3.11. The Balaban J connectivity index is 0.00000160. The van der Waals surface area contributed by atoms with E-state index in [4.69, 9.17) is 9.47 Å². The Hall–Kier alpha value is -1.21. The van der Waals surface area contributed by atoms with Gasteiger partial charge in [-0.2, -0.15) is 0 Å². The summed E-state index contributed by atoms with van der Waals surface area (Å²) in [4.78, 5) is 17.5. The highest BCUT2D eigenvalue weighted by Gasteiger charge is 2.40. The lowest BCUT2D eigenvalue weighted by Crippen LogP contribution is -2.53. The van der Waals surface area contributed by atoms with E-state index < -0.39 is 0 Å². The Morgan fingerprint density at radius 1 is 1.00 bits per heavy atom. The van der Waals surface area contributed by atoms with E-state index in [0.29, 0.717) is 17.9 Å². The lowest BCUT2D eigenvalue weighted by atomic mass is 9.85. The van der Waals surface area contributed by atoms with Gasteiger partial charge in [-0.05, 0) is 42.9 Å². The molecule has 1 N–H and O–H groups in total. The number of halogens is 2. The van der Waals surface area contributed by atoms with Gasteiger partial charge in [-0.1, -0.05) is 12.8 Å². The number of carbonyl (C=O) groups excluding carboxylic acids is 1. The van der Waals surface area contributed by atoms with Gasteiger partial charge in [0.1, 0.15) is 11.5 Å². The predicted molar refractivity (Wildman–Crippen MR) is 123 cm³/mol. The van der Waals surface area contributed by atoms with E-state index in [1.165, 1.54) is 31.2 Å². The molecule has 30 heavy (non-hydrogen) atoms. The van der Waals surface area contributed by atoms with Crippen LogP contribution in [0.25, 0.3) is 0 Å². The Kier molecular flexibility index (Phi) is 9.54. The van der Waals surface area contributed by atoms with Gasteiger partial charge < -0.3 is 19.7 Å². The van der Waals surface area contributed by atoms with Crippen molar-refractivity contribution in [3.8, 4) is 11.5 Å². The van der Waals surface area contributed by atoms with Gasteiger partial charge in [-0.25, -0.2) is 0 Å². The quantitative estimate of drug-likeness (QED) is 0.732. The van der Waals surface area contributed by atoms with Gasteiger partial charge in [0, 0.05) is 44.8 Å². The zero-order valence-corrected chi connectivity index (χ0v) is 19.6. The topological polar surface area (TPSA) is 54.0 Å². The second-order valence-electron chi connectivity index (χ2n) is 8.43. The molecule has 2 heterocycles. The molecular formula is C22H35Cl2N3O3. The van der Waals surface area contributed by atoms with E-state index in [-0.39, 0.29) is 30.9 Å². The number of benzene rings is 1. The van der Waals surface area contributed by atoms with Crippen LogP contribution in [-0.2, 0) is 11.3 Å². The molecule has 170 valence electrons. The standard InChI is InChI=1S/C22H33N3O3.2ClH/c1-27-18-11-16(12-19(14-18)28-2)15-24-7-9-25(10-8-24)22(26)21-13-17-5-3-4-6-20(17)23-21;;/h11-12,14,17,20-21,23H,3-10,13,15H2,1-2H3;2*1H. The number of rotatable bonds is 5. The minimum absolute atomic E-state index is 0. The molecule has 3 fully saturated rings. The molecular weight excluding hydrogens is 425 g/mol. The highest BCUT2D eigenvalue weighted by Crippen LogP contribution is 2.33. The molecule has 0 bridgehead atoms. The van der Waals surface area contributed by atoms with Crippen molar-refractivity contribution < 1.29 is 14.3 Å². The number of amides is 1. The summed E-state index contributed by atoms with van der Waals surface area (Å²) in [7, 11) is 3.35. The molecule has 2 saturated heterocycles. The molecule has 1 aromatic carbocycles. The molecule has 3 aliphatic rings. The minimum atomic E-state index is 0. The summed E-state index contributed by atoms with van der Waals surface area (Å²) < 4.78 is 10.7. The van der Waals surface area contributed by atoms with Crippen LogP contribution in [0, 0.1) is 5.92 Å². The average Bonchev–Trinajstić information content (AvgIpc) is 3.17. The number of nitrogens with one attached hydrogen (secondary N) is 1. The van der Waals surface area contributed by atoms with Crippen LogP contribution < -0.4 is 14.8 Å². The molecule has 1 saturated carbocycles.